The van der Waals surface area contributed by atoms with E-state index in [0.717, 1.165) is 13.0 Å². The zero-order valence-corrected chi connectivity index (χ0v) is 10.7. The Morgan fingerprint density at radius 1 is 1.47 bits per heavy atom. The van der Waals surface area contributed by atoms with Gasteiger partial charge in [0.15, 0.2) is 0 Å². The molecule has 0 fully saturated rings. The Labute approximate surface area is 111 Å². The second-order valence-electron chi connectivity index (χ2n) is 4.21. The van der Waals surface area contributed by atoms with Gasteiger partial charge in [0, 0.05) is 31.7 Å². The highest BCUT2D eigenvalue weighted by Gasteiger charge is 2.13. The smallest absolute Gasteiger partial charge is 0.339 e. The van der Waals surface area contributed by atoms with E-state index in [-0.39, 0.29) is 5.56 Å². The van der Waals surface area contributed by atoms with Crippen LogP contribution in [-0.2, 0) is 6.54 Å². The lowest BCUT2D eigenvalue weighted by molar-refractivity contribution is 0.0697. The summed E-state index contributed by atoms with van der Waals surface area (Å²) in [4.78, 5) is 15.2. The van der Waals surface area contributed by atoms with Crippen LogP contribution in [0.1, 0.15) is 22.3 Å². The van der Waals surface area contributed by atoms with Crippen LogP contribution in [0.3, 0.4) is 0 Å². The van der Waals surface area contributed by atoms with Crippen molar-refractivity contribution in [3.05, 3.63) is 41.9 Å². The zero-order chi connectivity index (χ0) is 13.7. The fourth-order valence-electron chi connectivity index (χ4n) is 1.84. The predicted octanol–water partition coefficient (Wildman–Crippen LogP) is 1.79. The van der Waals surface area contributed by atoms with Crippen molar-refractivity contribution in [3.8, 4) is 0 Å². The van der Waals surface area contributed by atoms with Crippen LogP contribution in [0.4, 0.5) is 5.82 Å². The maximum absolute atomic E-state index is 11.2. The van der Waals surface area contributed by atoms with Gasteiger partial charge in [-0.3, -0.25) is 4.68 Å². The number of pyridine rings is 1. The zero-order valence-electron chi connectivity index (χ0n) is 10.7. The van der Waals surface area contributed by atoms with Crippen molar-refractivity contribution in [1.29, 1.82) is 0 Å². The van der Waals surface area contributed by atoms with Gasteiger partial charge in [0.2, 0.25) is 0 Å². The summed E-state index contributed by atoms with van der Waals surface area (Å²) in [5.74, 6) is -0.534. The molecule has 0 aliphatic heterocycles. The maximum Gasteiger partial charge on any atom is 0.339 e. The molecule has 0 saturated carbocycles. The fraction of sp³-hybridized carbons (Fsp3) is 0.308. The number of rotatable bonds is 6. The van der Waals surface area contributed by atoms with E-state index in [4.69, 9.17) is 5.11 Å². The molecule has 2 aromatic heterocycles. The summed E-state index contributed by atoms with van der Waals surface area (Å²) in [5, 5.41) is 16.3. The van der Waals surface area contributed by atoms with Crippen molar-refractivity contribution in [2.45, 2.75) is 19.9 Å². The minimum absolute atomic E-state index is 0.238. The van der Waals surface area contributed by atoms with Crippen LogP contribution in [0.15, 0.2) is 30.7 Å². The van der Waals surface area contributed by atoms with Crippen LogP contribution >= 0.6 is 0 Å². The summed E-state index contributed by atoms with van der Waals surface area (Å²) in [5.41, 5.74) is 0.943. The van der Waals surface area contributed by atoms with Gasteiger partial charge in [-0.15, -0.1) is 0 Å². The van der Waals surface area contributed by atoms with Gasteiger partial charge in [-0.2, -0.15) is 5.10 Å². The van der Waals surface area contributed by atoms with Gasteiger partial charge in [0.25, 0.3) is 0 Å². The van der Waals surface area contributed by atoms with Crippen LogP contribution in [0, 0.1) is 6.92 Å². The second kappa shape index (κ2) is 5.99. The molecule has 6 heteroatoms. The van der Waals surface area contributed by atoms with E-state index in [1.807, 2.05) is 16.9 Å². The number of nitrogens with one attached hydrogen (secondary N) is 1. The van der Waals surface area contributed by atoms with E-state index in [0.29, 0.717) is 17.9 Å². The number of hydrogen-bond donors (Lipinski definition) is 2. The summed E-state index contributed by atoms with van der Waals surface area (Å²) >= 11 is 0. The van der Waals surface area contributed by atoms with Crippen LogP contribution in [-0.4, -0.2) is 32.4 Å². The lowest BCUT2D eigenvalue weighted by Gasteiger charge is -2.10. The number of aromatic carboxylic acids is 1. The molecule has 6 nitrogen and oxygen atoms in total. The third-order valence-corrected chi connectivity index (χ3v) is 2.79. The van der Waals surface area contributed by atoms with Crippen molar-refractivity contribution >= 4 is 11.8 Å². The Morgan fingerprint density at radius 3 is 3.00 bits per heavy atom. The molecular formula is C13H16N4O2. The molecule has 0 radical (unpaired) electrons. The van der Waals surface area contributed by atoms with Crippen molar-refractivity contribution in [1.82, 2.24) is 14.8 Å². The number of nitrogens with zero attached hydrogens (tertiary/aromatic N) is 3. The first kappa shape index (κ1) is 13.1. The lowest BCUT2D eigenvalue weighted by atomic mass is 10.1. The van der Waals surface area contributed by atoms with E-state index in [9.17, 15) is 4.79 Å². The Morgan fingerprint density at radius 2 is 2.32 bits per heavy atom. The van der Waals surface area contributed by atoms with Crippen molar-refractivity contribution in [2.75, 3.05) is 11.9 Å². The predicted molar refractivity (Wildman–Crippen MR) is 71.3 cm³/mol. The Hall–Kier alpha value is -2.37. The maximum atomic E-state index is 11.2. The summed E-state index contributed by atoms with van der Waals surface area (Å²) in [6.45, 7) is 3.20. The average molecular weight is 260 g/mol. The van der Waals surface area contributed by atoms with E-state index in [1.54, 1.807) is 25.4 Å². The van der Waals surface area contributed by atoms with E-state index in [1.165, 1.54) is 0 Å². The normalized spacial score (nSPS) is 10.4. The molecule has 0 bridgehead atoms. The summed E-state index contributed by atoms with van der Waals surface area (Å²) in [7, 11) is 0. The second-order valence-corrected chi connectivity index (χ2v) is 4.21. The molecule has 0 unspecified atom stereocenters. The van der Waals surface area contributed by atoms with Gasteiger partial charge in [0.05, 0.1) is 0 Å². The van der Waals surface area contributed by atoms with Gasteiger partial charge in [-0.05, 0) is 31.0 Å². The van der Waals surface area contributed by atoms with E-state index >= 15 is 0 Å². The number of anilines is 1. The van der Waals surface area contributed by atoms with E-state index in [2.05, 4.69) is 15.4 Å². The van der Waals surface area contributed by atoms with Gasteiger partial charge in [-0.25, -0.2) is 9.78 Å². The molecule has 2 N–H and O–H groups in total. The highest BCUT2D eigenvalue weighted by molar-refractivity contribution is 5.94. The van der Waals surface area contributed by atoms with Crippen molar-refractivity contribution in [2.24, 2.45) is 0 Å². The van der Waals surface area contributed by atoms with Gasteiger partial charge in [-0.1, -0.05) is 0 Å². The molecule has 0 spiro atoms. The molecule has 0 amide bonds. The number of aryl methyl sites for hydroxylation is 2. The standard InChI is InChI=1S/C13H16N4O2/c1-10-4-7-15-12(11(10)13(18)19)14-5-2-8-17-9-3-6-16-17/h3-4,6-7,9H,2,5,8H2,1H3,(H,14,15)(H,18,19). The van der Waals surface area contributed by atoms with Crippen LogP contribution < -0.4 is 5.32 Å². The third-order valence-electron chi connectivity index (χ3n) is 2.79. The summed E-state index contributed by atoms with van der Waals surface area (Å²) < 4.78 is 1.84. The largest absolute Gasteiger partial charge is 0.478 e. The summed E-state index contributed by atoms with van der Waals surface area (Å²) in [6.07, 6.45) is 6.08. The fourth-order valence-corrected chi connectivity index (χ4v) is 1.84. The number of carboxylic acids is 1. The number of aromatic nitrogens is 3. The van der Waals surface area contributed by atoms with Crippen LogP contribution in [0.25, 0.3) is 0 Å². The molecule has 0 aromatic carbocycles. The molecular weight excluding hydrogens is 244 g/mol. The molecule has 2 heterocycles. The molecule has 2 aromatic rings. The number of carbonyl (C=O) groups is 1. The first-order chi connectivity index (χ1) is 9.18. The minimum atomic E-state index is -0.958. The number of carboxylic acid groups (broad SMARTS) is 1. The monoisotopic (exact) mass is 260 g/mol. The average Bonchev–Trinajstić information content (AvgIpc) is 2.87. The Balaban J connectivity index is 1.92. The lowest BCUT2D eigenvalue weighted by Crippen LogP contribution is -2.12. The first-order valence-electron chi connectivity index (χ1n) is 6.08. The molecule has 0 aliphatic carbocycles. The van der Waals surface area contributed by atoms with E-state index < -0.39 is 5.97 Å². The third kappa shape index (κ3) is 3.31. The minimum Gasteiger partial charge on any atom is -0.478 e. The van der Waals surface area contributed by atoms with Crippen LogP contribution in [0.5, 0.6) is 0 Å². The quantitative estimate of drug-likeness (QED) is 0.774. The summed E-state index contributed by atoms with van der Waals surface area (Å²) in [6, 6.07) is 3.57. The Kier molecular flexibility index (Phi) is 4.12. The highest BCUT2D eigenvalue weighted by atomic mass is 16.4. The molecule has 0 saturated heterocycles. The van der Waals surface area contributed by atoms with Gasteiger partial charge in [0.1, 0.15) is 11.4 Å². The van der Waals surface area contributed by atoms with Gasteiger partial charge >= 0.3 is 5.97 Å². The van der Waals surface area contributed by atoms with Crippen molar-refractivity contribution in [3.63, 3.8) is 0 Å². The van der Waals surface area contributed by atoms with Crippen molar-refractivity contribution < 1.29 is 9.90 Å². The molecule has 2 rings (SSSR count). The SMILES string of the molecule is Cc1ccnc(NCCCn2cccn2)c1C(=O)O. The number of hydrogen-bond acceptors (Lipinski definition) is 4. The molecule has 100 valence electrons. The topological polar surface area (TPSA) is 80.0 Å². The highest BCUT2D eigenvalue weighted by Crippen LogP contribution is 2.16. The molecule has 0 atom stereocenters. The van der Waals surface area contributed by atoms with Crippen LogP contribution in [0.2, 0.25) is 0 Å². The van der Waals surface area contributed by atoms with Gasteiger partial charge < -0.3 is 10.4 Å². The molecule has 19 heavy (non-hydrogen) atoms. The first-order valence-corrected chi connectivity index (χ1v) is 6.08. The Bertz CT molecular complexity index is 552. The molecule has 0 aliphatic rings.